The van der Waals surface area contributed by atoms with Gasteiger partial charge in [0.1, 0.15) is 10.0 Å². The van der Waals surface area contributed by atoms with Crippen molar-refractivity contribution in [3.05, 3.63) is 23.5 Å². The lowest BCUT2D eigenvalue weighted by molar-refractivity contribution is -0.128. The molecule has 0 aliphatic rings. The predicted octanol–water partition coefficient (Wildman–Crippen LogP) is 1.22. The molecule has 8 heteroatoms. The van der Waals surface area contributed by atoms with Gasteiger partial charge in [-0.05, 0) is 18.6 Å². The topological polar surface area (TPSA) is 70.6 Å². The van der Waals surface area contributed by atoms with Gasteiger partial charge in [-0.15, -0.1) is 0 Å². The molecule has 0 radical (unpaired) electrons. The van der Waals surface area contributed by atoms with Gasteiger partial charge in [0.15, 0.2) is 0 Å². The summed E-state index contributed by atoms with van der Waals surface area (Å²) < 4.78 is 26.1. The number of rotatable bonds is 6. The van der Waals surface area contributed by atoms with Crippen LogP contribution in [0.25, 0.3) is 0 Å². The SMILES string of the molecule is CCCN(CC(=O)N(C)C)S(=O)(=O)c1ccc(Cl)nc1. The summed E-state index contributed by atoms with van der Waals surface area (Å²) >= 11 is 5.65. The molecule has 0 aliphatic heterocycles. The smallest absolute Gasteiger partial charge is 0.245 e. The number of hydrogen-bond donors (Lipinski definition) is 0. The Labute approximate surface area is 124 Å². The molecular formula is C12H18ClN3O3S. The van der Waals surface area contributed by atoms with E-state index in [-0.39, 0.29) is 29.0 Å². The second kappa shape index (κ2) is 7.01. The van der Waals surface area contributed by atoms with Crippen LogP contribution in [0.2, 0.25) is 5.15 Å². The normalized spacial score (nSPS) is 11.7. The molecule has 0 aromatic carbocycles. The van der Waals surface area contributed by atoms with Crippen LogP contribution >= 0.6 is 11.6 Å². The lowest BCUT2D eigenvalue weighted by Gasteiger charge is -2.22. The minimum Gasteiger partial charge on any atom is -0.348 e. The van der Waals surface area contributed by atoms with Gasteiger partial charge in [0, 0.05) is 26.8 Å². The molecule has 1 rings (SSSR count). The third-order valence-corrected chi connectivity index (χ3v) is 4.67. The average molecular weight is 320 g/mol. The van der Waals surface area contributed by atoms with Crippen molar-refractivity contribution in [3.63, 3.8) is 0 Å². The second-order valence-corrected chi connectivity index (χ2v) is 6.77. The van der Waals surface area contributed by atoms with E-state index in [0.29, 0.717) is 6.42 Å². The molecule has 1 heterocycles. The van der Waals surface area contributed by atoms with Crippen molar-refractivity contribution in [2.75, 3.05) is 27.2 Å². The van der Waals surface area contributed by atoms with E-state index in [4.69, 9.17) is 11.6 Å². The van der Waals surface area contributed by atoms with Crippen LogP contribution in [0.15, 0.2) is 23.2 Å². The van der Waals surface area contributed by atoms with Crippen molar-refractivity contribution in [2.24, 2.45) is 0 Å². The second-order valence-electron chi connectivity index (χ2n) is 4.44. The Kier molecular flexibility index (Phi) is 5.91. The summed E-state index contributed by atoms with van der Waals surface area (Å²) in [6.45, 7) is 1.93. The number of amides is 1. The summed E-state index contributed by atoms with van der Waals surface area (Å²) in [4.78, 5) is 16.9. The van der Waals surface area contributed by atoms with Crippen LogP contribution in [0.4, 0.5) is 0 Å². The van der Waals surface area contributed by atoms with Gasteiger partial charge in [0.25, 0.3) is 0 Å². The number of carbonyl (C=O) groups excluding carboxylic acids is 1. The van der Waals surface area contributed by atoms with Gasteiger partial charge < -0.3 is 4.90 Å². The number of hydrogen-bond acceptors (Lipinski definition) is 4. The van der Waals surface area contributed by atoms with Gasteiger partial charge in [-0.1, -0.05) is 18.5 Å². The quantitative estimate of drug-likeness (QED) is 0.739. The first-order valence-corrected chi connectivity index (χ1v) is 7.92. The molecule has 6 nitrogen and oxygen atoms in total. The summed E-state index contributed by atoms with van der Waals surface area (Å²) in [6.07, 6.45) is 1.81. The lowest BCUT2D eigenvalue weighted by Crippen LogP contribution is -2.40. The number of nitrogens with zero attached hydrogens (tertiary/aromatic N) is 3. The van der Waals surface area contributed by atoms with Crippen molar-refractivity contribution in [1.82, 2.24) is 14.2 Å². The van der Waals surface area contributed by atoms with E-state index in [1.807, 2.05) is 6.92 Å². The summed E-state index contributed by atoms with van der Waals surface area (Å²) in [5.41, 5.74) is 0. The highest BCUT2D eigenvalue weighted by molar-refractivity contribution is 7.89. The molecule has 0 unspecified atom stereocenters. The largest absolute Gasteiger partial charge is 0.348 e. The molecule has 0 spiro atoms. The van der Waals surface area contributed by atoms with Gasteiger partial charge in [0.2, 0.25) is 15.9 Å². The molecule has 0 bridgehead atoms. The molecule has 0 fully saturated rings. The van der Waals surface area contributed by atoms with Crippen LogP contribution in [-0.4, -0.2) is 55.7 Å². The van der Waals surface area contributed by atoms with Crippen molar-refractivity contribution in [3.8, 4) is 0 Å². The van der Waals surface area contributed by atoms with Gasteiger partial charge >= 0.3 is 0 Å². The average Bonchev–Trinajstić information content (AvgIpc) is 2.38. The maximum absolute atomic E-state index is 12.5. The Morgan fingerprint density at radius 2 is 2.00 bits per heavy atom. The molecule has 0 saturated carbocycles. The Bertz CT molecular complexity index is 558. The zero-order chi connectivity index (χ0) is 15.3. The number of sulfonamides is 1. The maximum atomic E-state index is 12.5. The van der Waals surface area contributed by atoms with Crippen LogP contribution in [0, 0.1) is 0 Å². The lowest BCUT2D eigenvalue weighted by atomic mass is 10.4. The van der Waals surface area contributed by atoms with Gasteiger partial charge in [-0.2, -0.15) is 4.31 Å². The first kappa shape index (κ1) is 16.9. The Morgan fingerprint density at radius 1 is 1.35 bits per heavy atom. The molecule has 1 aromatic heterocycles. The van der Waals surface area contributed by atoms with Crippen LogP contribution in [0.3, 0.4) is 0 Å². The monoisotopic (exact) mass is 319 g/mol. The number of carbonyl (C=O) groups is 1. The van der Waals surface area contributed by atoms with Gasteiger partial charge in [-0.3, -0.25) is 4.79 Å². The molecular weight excluding hydrogens is 302 g/mol. The minimum atomic E-state index is -3.74. The van der Waals surface area contributed by atoms with E-state index in [9.17, 15) is 13.2 Å². The summed E-state index contributed by atoms with van der Waals surface area (Å²) in [7, 11) is -0.571. The number of pyridine rings is 1. The first-order chi connectivity index (χ1) is 9.28. The molecule has 1 aromatic rings. The first-order valence-electron chi connectivity index (χ1n) is 6.11. The van der Waals surface area contributed by atoms with E-state index in [1.165, 1.54) is 23.2 Å². The molecule has 0 aliphatic carbocycles. The summed E-state index contributed by atoms with van der Waals surface area (Å²) in [5, 5.41) is 0.218. The molecule has 0 N–H and O–H groups in total. The van der Waals surface area contributed by atoms with E-state index in [1.54, 1.807) is 14.1 Å². The summed E-state index contributed by atoms with van der Waals surface area (Å²) in [6, 6.07) is 2.79. The third kappa shape index (κ3) is 4.16. The molecule has 1 amide bonds. The molecule has 20 heavy (non-hydrogen) atoms. The van der Waals surface area contributed by atoms with E-state index in [2.05, 4.69) is 4.98 Å². The van der Waals surface area contributed by atoms with Crippen LogP contribution in [0.1, 0.15) is 13.3 Å². The van der Waals surface area contributed by atoms with Crippen molar-refractivity contribution in [1.29, 1.82) is 0 Å². The van der Waals surface area contributed by atoms with Crippen molar-refractivity contribution >= 4 is 27.5 Å². The van der Waals surface area contributed by atoms with Gasteiger partial charge in [-0.25, -0.2) is 13.4 Å². The van der Waals surface area contributed by atoms with Crippen LogP contribution in [0.5, 0.6) is 0 Å². The zero-order valence-electron chi connectivity index (χ0n) is 11.7. The highest BCUT2D eigenvalue weighted by Crippen LogP contribution is 2.16. The Balaban J connectivity index is 3.05. The molecule has 0 atom stereocenters. The standard InChI is InChI=1S/C12H18ClN3O3S/c1-4-7-16(9-12(17)15(2)3)20(18,19)10-5-6-11(13)14-8-10/h5-6,8H,4,7,9H2,1-3H3. The third-order valence-electron chi connectivity index (χ3n) is 2.62. The fourth-order valence-corrected chi connectivity index (χ4v) is 3.03. The fourth-order valence-electron chi connectivity index (χ4n) is 1.49. The predicted molar refractivity (Wildman–Crippen MR) is 77.0 cm³/mol. The zero-order valence-corrected chi connectivity index (χ0v) is 13.3. The van der Waals surface area contributed by atoms with Gasteiger partial charge in [0.05, 0.1) is 6.54 Å². The fraction of sp³-hybridized carbons (Fsp3) is 0.500. The number of aromatic nitrogens is 1. The Hall–Kier alpha value is -1.18. The summed E-state index contributed by atoms with van der Waals surface area (Å²) in [5.74, 6) is -0.274. The number of likely N-dealkylation sites (N-methyl/N-ethyl adjacent to an activating group) is 1. The van der Waals surface area contributed by atoms with E-state index in [0.717, 1.165) is 4.31 Å². The highest BCUT2D eigenvalue weighted by Gasteiger charge is 2.26. The van der Waals surface area contributed by atoms with Crippen LogP contribution in [-0.2, 0) is 14.8 Å². The van der Waals surface area contributed by atoms with E-state index >= 15 is 0 Å². The van der Waals surface area contributed by atoms with E-state index < -0.39 is 10.0 Å². The highest BCUT2D eigenvalue weighted by atomic mass is 35.5. The maximum Gasteiger partial charge on any atom is 0.245 e. The minimum absolute atomic E-state index is 0.0295. The van der Waals surface area contributed by atoms with Crippen molar-refractivity contribution in [2.45, 2.75) is 18.2 Å². The van der Waals surface area contributed by atoms with Crippen molar-refractivity contribution < 1.29 is 13.2 Å². The Morgan fingerprint density at radius 3 is 2.45 bits per heavy atom. The van der Waals surface area contributed by atoms with Crippen LogP contribution < -0.4 is 0 Å². The number of halogens is 1. The molecule has 0 saturated heterocycles. The molecule has 112 valence electrons.